The molecule has 4 heteroatoms. The highest BCUT2D eigenvalue weighted by Crippen LogP contribution is 2.10. The zero-order valence-corrected chi connectivity index (χ0v) is 9.40. The summed E-state index contributed by atoms with van der Waals surface area (Å²) in [7, 11) is 0. The summed E-state index contributed by atoms with van der Waals surface area (Å²) in [6.07, 6.45) is 0.878. The van der Waals surface area contributed by atoms with Gasteiger partial charge in [0.25, 0.3) is 0 Å². The summed E-state index contributed by atoms with van der Waals surface area (Å²) in [6.45, 7) is 3.77. The topological polar surface area (TPSA) is 56.7 Å². The molecule has 1 atom stereocenters. The molecule has 1 aromatic carbocycles. The van der Waals surface area contributed by atoms with Gasteiger partial charge in [-0.05, 0) is 31.0 Å². The van der Waals surface area contributed by atoms with Crippen LogP contribution in [0.5, 0.6) is 5.75 Å². The van der Waals surface area contributed by atoms with Crippen LogP contribution in [0.2, 0.25) is 0 Å². The van der Waals surface area contributed by atoms with Gasteiger partial charge in [0, 0.05) is 12.6 Å². The second kappa shape index (κ2) is 4.88. The monoisotopic (exact) mass is 219 g/mol. The lowest BCUT2D eigenvalue weighted by molar-refractivity contribution is 0.474. The van der Waals surface area contributed by atoms with Crippen molar-refractivity contribution < 1.29 is 5.11 Å². The molecular weight excluding hydrogens is 202 g/mol. The minimum absolute atomic E-state index is 0.322. The summed E-state index contributed by atoms with van der Waals surface area (Å²) in [5.74, 6) is 1.20. The maximum Gasteiger partial charge on any atom is 0.191 e. The Morgan fingerprint density at radius 1 is 1.56 bits per heavy atom. The van der Waals surface area contributed by atoms with E-state index >= 15 is 0 Å². The molecule has 0 spiro atoms. The Hall–Kier alpha value is -1.71. The zero-order chi connectivity index (χ0) is 11.4. The fourth-order valence-electron chi connectivity index (χ4n) is 1.70. The van der Waals surface area contributed by atoms with Gasteiger partial charge in [-0.25, -0.2) is 0 Å². The van der Waals surface area contributed by atoms with Gasteiger partial charge in [0.15, 0.2) is 5.96 Å². The smallest absolute Gasteiger partial charge is 0.191 e. The number of phenols is 1. The van der Waals surface area contributed by atoms with Gasteiger partial charge >= 0.3 is 0 Å². The van der Waals surface area contributed by atoms with Crippen molar-refractivity contribution in [1.82, 2.24) is 10.6 Å². The highest BCUT2D eigenvalue weighted by molar-refractivity contribution is 5.81. The van der Waals surface area contributed by atoms with Crippen molar-refractivity contribution in [2.45, 2.75) is 19.4 Å². The summed E-state index contributed by atoms with van der Waals surface area (Å²) in [5.41, 5.74) is 1.12. The Kier molecular flexibility index (Phi) is 3.29. The standard InChI is InChI=1S/C12H17N3O/c1-9-8-14-12(15-9)13-6-5-10-3-2-4-11(16)7-10/h2-4,7,9,16H,5-6,8H2,1H3,(H2,13,14,15). The quantitative estimate of drug-likeness (QED) is 0.707. The molecule has 1 aliphatic heterocycles. The SMILES string of the molecule is CC1CN=C(NCCc2cccc(O)c2)N1. The number of guanidine groups is 1. The lowest BCUT2D eigenvalue weighted by Gasteiger charge is -2.08. The Morgan fingerprint density at radius 2 is 2.44 bits per heavy atom. The minimum atomic E-state index is 0.322. The van der Waals surface area contributed by atoms with Crippen molar-refractivity contribution in [3.05, 3.63) is 29.8 Å². The molecule has 0 saturated carbocycles. The van der Waals surface area contributed by atoms with Crippen LogP contribution in [0.4, 0.5) is 0 Å². The van der Waals surface area contributed by atoms with Gasteiger partial charge in [-0.1, -0.05) is 12.1 Å². The van der Waals surface area contributed by atoms with E-state index in [1.54, 1.807) is 12.1 Å². The number of nitrogens with zero attached hydrogens (tertiary/aromatic N) is 1. The predicted molar refractivity (Wildman–Crippen MR) is 64.7 cm³/mol. The van der Waals surface area contributed by atoms with Gasteiger partial charge in [0.2, 0.25) is 0 Å². The molecule has 0 aromatic heterocycles. The molecular formula is C12H17N3O. The largest absolute Gasteiger partial charge is 0.508 e. The number of nitrogens with one attached hydrogen (secondary N) is 2. The summed E-state index contributed by atoms with van der Waals surface area (Å²) in [4.78, 5) is 4.31. The highest BCUT2D eigenvalue weighted by atomic mass is 16.3. The van der Waals surface area contributed by atoms with Gasteiger partial charge in [-0.2, -0.15) is 0 Å². The van der Waals surface area contributed by atoms with Gasteiger partial charge in [-0.15, -0.1) is 0 Å². The third-order valence-electron chi connectivity index (χ3n) is 2.52. The van der Waals surface area contributed by atoms with Crippen LogP contribution in [0.25, 0.3) is 0 Å². The van der Waals surface area contributed by atoms with Crippen LogP contribution in [0.3, 0.4) is 0 Å². The summed E-state index contributed by atoms with van der Waals surface area (Å²) in [6, 6.07) is 7.77. The van der Waals surface area contributed by atoms with Crippen molar-refractivity contribution in [3.8, 4) is 5.75 Å². The molecule has 0 bridgehead atoms. The normalized spacial score (nSPS) is 19.1. The van der Waals surface area contributed by atoms with E-state index in [-0.39, 0.29) is 0 Å². The third kappa shape index (κ3) is 2.89. The molecule has 1 unspecified atom stereocenters. The average molecular weight is 219 g/mol. The molecule has 1 aliphatic rings. The van der Waals surface area contributed by atoms with E-state index < -0.39 is 0 Å². The van der Waals surface area contributed by atoms with E-state index in [4.69, 9.17) is 0 Å². The number of rotatable bonds is 3. The van der Waals surface area contributed by atoms with Crippen LogP contribution >= 0.6 is 0 Å². The number of hydrogen-bond donors (Lipinski definition) is 3. The number of aliphatic imine (C=N–C) groups is 1. The van der Waals surface area contributed by atoms with Crippen LogP contribution in [0.15, 0.2) is 29.3 Å². The van der Waals surface area contributed by atoms with Crippen molar-refractivity contribution in [2.75, 3.05) is 13.1 Å². The first-order valence-corrected chi connectivity index (χ1v) is 5.57. The van der Waals surface area contributed by atoms with E-state index in [0.717, 1.165) is 31.0 Å². The van der Waals surface area contributed by atoms with Crippen LogP contribution < -0.4 is 10.6 Å². The average Bonchev–Trinajstić information content (AvgIpc) is 2.64. The lowest BCUT2D eigenvalue weighted by Crippen LogP contribution is -2.38. The second-order valence-corrected chi connectivity index (χ2v) is 4.08. The number of hydrogen-bond acceptors (Lipinski definition) is 4. The molecule has 0 fully saturated rings. The fraction of sp³-hybridized carbons (Fsp3) is 0.417. The Balaban J connectivity index is 1.76. The van der Waals surface area contributed by atoms with Crippen LogP contribution in [0, 0.1) is 0 Å². The van der Waals surface area contributed by atoms with E-state index in [9.17, 15) is 5.11 Å². The highest BCUT2D eigenvalue weighted by Gasteiger charge is 2.10. The summed E-state index contributed by atoms with van der Waals surface area (Å²) in [5, 5.41) is 15.8. The molecule has 0 amide bonds. The van der Waals surface area contributed by atoms with Crippen molar-refractivity contribution in [1.29, 1.82) is 0 Å². The van der Waals surface area contributed by atoms with E-state index in [0.29, 0.717) is 11.8 Å². The molecule has 0 radical (unpaired) electrons. The number of aromatic hydroxyl groups is 1. The number of benzene rings is 1. The van der Waals surface area contributed by atoms with E-state index in [1.807, 2.05) is 12.1 Å². The maximum atomic E-state index is 9.30. The van der Waals surface area contributed by atoms with Gasteiger partial charge in [0.1, 0.15) is 5.75 Å². The Morgan fingerprint density at radius 3 is 3.12 bits per heavy atom. The van der Waals surface area contributed by atoms with E-state index in [1.165, 1.54) is 0 Å². The van der Waals surface area contributed by atoms with Gasteiger partial charge < -0.3 is 15.7 Å². The first-order chi connectivity index (χ1) is 7.74. The summed E-state index contributed by atoms with van der Waals surface area (Å²) >= 11 is 0. The molecule has 3 N–H and O–H groups in total. The molecule has 1 heterocycles. The van der Waals surface area contributed by atoms with Crippen LogP contribution in [-0.4, -0.2) is 30.2 Å². The lowest BCUT2D eigenvalue weighted by atomic mass is 10.1. The van der Waals surface area contributed by atoms with Crippen molar-refractivity contribution >= 4 is 5.96 Å². The first kappa shape index (κ1) is 10.8. The first-order valence-electron chi connectivity index (χ1n) is 5.57. The number of phenolic OH excluding ortho intramolecular Hbond substituents is 1. The van der Waals surface area contributed by atoms with Crippen LogP contribution in [0.1, 0.15) is 12.5 Å². The van der Waals surface area contributed by atoms with Crippen molar-refractivity contribution in [2.24, 2.45) is 4.99 Å². The molecule has 0 aliphatic carbocycles. The molecule has 4 nitrogen and oxygen atoms in total. The fourth-order valence-corrected chi connectivity index (χ4v) is 1.70. The molecule has 2 rings (SSSR count). The third-order valence-corrected chi connectivity index (χ3v) is 2.52. The molecule has 16 heavy (non-hydrogen) atoms. The molecule has 1 aromatic rings. The predicted octanol–water partition coefficient (Wildman–Crippen LogP) is 0.872. The summed E-state index contributed by atoms with van der Waals surface area (Å²) < 4.78 is 0. The Bertz CT molecular complexity index is 390. The van der Waals surface area contributed by atoms with Crippen LogP contribution in [-0.2, 0) is 6.42 Å². The zero-order valence-electron chi connectivity index (χ0n) is 9.40. The molecule has 86 valence electrons. The molecule has 0 saturated heterocycles. The minimum Gasteiger partial charge on any atom is -0.508 e. The van der Waals surface area contributed by atoms with Gasteiger partial charge in [-0.3, -0.25) is 4.99 Å². The van der Waals surface area contributed by atoms with Crippen molar-refractivity contribution in [3.63, 3.8) is 0 Å². The van der Waals surface area contributed by atoms with E-state index in [2.05, 4.69) is 22.5 Å². The van der Waals surface area contributed by atoms with Gasteiger partial charge in [0.05, 0.1) is 6.54 Å². The Labute approximate surface area is 95.4 Å². The maximum absolute atomic E-state index is 9.30. The second-order valence-electron chi connectivity index (χ2n) is 4.08.